The summed E-state index contributed by atoms with van der Waals surface area (Å²) in [4.78, 5) is 14.2. The summed E-state index contributed by atoms with van der Waals surface area (Å²) in [5.74, 6) is -0.383. The van der Waals surface area contributed by atoms with Gasteiger partial charge < -0.3 is 10.6 Å². The molecule has 0 bridgehead atoms. The second-order valence-corrected chi connectivity index (χ2v) is 5.31. The van der Waals surface area contributed by atoms with Gasteiger partial charge in [-0.2, -0.15) is 0 Å². The van der Waals surface area contributed by atoms with Gasteiger partial charge in [0, 0.05) is 13.1 Å². The molecule has 0 aliphatic carbocycles. The maximum absolute atomic E-state index is 13.3. The Morgan fingerprint density at radius 3 is 2.67 bits per heavy atom. The van der Waals surface area contributed by atoms with Crippen molar-refractivity contribution in [2.24, 2.45) is 5.73 Å². The molecule has 21 heavy (non-hydrogen) atoms. The number of benzene rings is 2. The lowest BCUT2D eigenvalue weighted by Gasteiger charge is -2.31. The van der Waals surface area contributed by atoms with Crippen LogP contribution in [0.1, 0.15) is 22.7 Å². The van der Waals surface area contributed by atoms with Crippen LogP contribution in [0.3, 0.4) is 0 Å². The smallest absolute Gasteiger partial charge is 0.244 e. The van der Waals surface area contributed by atoms with E-state index in [9.17, 15) is 9.18 Å². The fraction of sp³-hybridized carbons (Fsp3) is 0.235. The van der Waals surface area contributed by atoms with E-state index in [2.05, 4.69) is 0 Å². The Hall–Kier alpha value is -2.20. The number of hydrogen-bond donors (Lipinski definition) is 1. The van der Waals surface area contributed by atoms with Crippen molar-refractivity contribution in [3.05, 3.63) is 71.0 Å². The van der Waals surface area contributed by atoms with Crippen molar-refractivity contribution in [1.29, 1.82) is 0 Å². The van der Waals surface area contributed by atoms with Crippen molar-refractivity contribution in [2.45, 2.75) is 19.0 Å². The first-order valence-corrected chi connectivity index (χ1v) is 7.02. The standard InChI is InChI=1S/C17H17FN2O/c18-15-7-6-12-8-9-20(11-14(12)10-15)17(21)16(19)13-4-2-1-3-5-13/h1-7,10,16H,8-9,11,19H2/t16-/m0/s1. The van der Waals surface area contributed by atoms with Crippen molar-refractivity contribution in [3.8, 4) is 0 Å². The first kappa shape index (κ1) is 13.8. The van der Waals surface area contributed by atoms with Crippen LogP contribution in [0.15, 0.2) is 48.5 Å². The molecule has 0 spiro atoms. The third-order valence-electron chi connectivity index (χ3n) is 3.92. The monoisotopic (exact) mass is 284 g/mol. The highest BCUT2D eigenvalue weighted by Gasteiger charge is 2.26. The molecule has 0 fully saturated rings. The zero-order valence-corrected chi connectivity index (χ0v) is 11.6. The van der Waals surface area contributed by atoms with Crippen LogP contribution >= 0.6 is 0 Å². The topological polar surface area (TPSA) is 46.3 Å². The van der Waals surface area contributed by atoms with Crippen LogP contribution < -0.4 is 5.73 Å². The van der Waals surface area contributed by atoms with E-state index in [1.165, 1.54) is 12.1 Å². The minimum Gasteiger partial charge on any atom is -0.336 e. The van der Waals surface area contributed by atoms with Gasteiger partial charge in [0.1, 0.15) is 11.9 Å². The van der Waals surface area contributed by atoms with Crippen LogP contribution in [0.2, 0.25) is 0 Å². The second-order valence-electron chi connectivity index (χ2n) is 5.31. The maximum atomic E-state index is 13.3. The molecule has 2 aromatic carbocycles. The van der Waals surface area contributed by atoms with E-state index < -0.39 is 6.04 Å². The Morgan fingerprint density at radius 1 is 1.14 bits per heavy atom. The molecule has 2 aromatic rings. The van der Waals surface area contributed by atoms with E-state index in [1.807, 2.05) is 30.3 Å². The SMILES string of the molecule is N[C@H](C(=O)N1CCc2ccc(F)cc2C1)c1ccccc1. The number of carbonyl (C=O) groups is 1. The van der Waals surface area contributed by atoms with Crippen LogP contribution in [0, 0.1) is 5.82 Å². The molecule has 0 saturated heterocycles. The normalized spacial score (nSPS) is 15.4. The summed E-state index contributed by atoms with van der Waals surface area (Å²) < 4.78 is 13.3. The van der Waals surface area contributed by atoms with Crippen molar-refractivity contribution < 1.29 is 9.18 Å². The van der Waals surface area contributed by atoms with Crippen molar-refractivity contribution in [3.63, 3.8) is 0 Å². The van der Waals surface area contributed by atoms with Gasteiger partial charge >= 0.3 is 0 Å². The number of nitrogens with zero attached hydrogens (tertiary/aromatic N) is 1. The van der Waals surface area contributed by atoms with E-state index in [0.29, 0.717) is 13.1 Å². The summed E-state index contributed by atoms with van der Waals surface area (Å²) in [5.41, 5.74) is 8.83. The summed E-state index contributed by atoms with van der Waals surface area (Å²) in [7, 11) is 0. The number of rotatable bonds is 2. The van der Waals surface area contributed by atoms with Crippen molar-refractivity contribution >= 4 is 5.91 Å². The summed E-state index contributed by atoms with van der Waals surface area (Å²) in [6, 6.07) is 13.4. The average Bonchev–Trinajstić information content (AvgIpc) is 2.53. The molecule has 1 atom stereocenters. The fourth-order valence-electron chi connectivity index (χ4n) is 2.71. The minimum absolute atomic E-state index is 0.115. The molecule has 3 rings (SSSR count). The molecule has 1 aliphatic rings. The van der Waals surface area contributed by atoms with E-state index in [-0.39, 0.29) is 11.7 Å². The van der Waals surface area contributed by atoms with Crippen LogP contribution in [0.25, 0.3) is 0 Å². The largest absolute Gasteiger partial charge is 0.336 e. The molecule has 0 unspecified atom stereocenters. The van der Waals surface area contributed by atoms with Gasteiger partial charge in [-0.15, -0.1) is 0 Å². The molecule has 1 amide bonds. The Kier molecular flexibility index (Phi) is 3.71. The van der Waals surface area contributed by atoms with Gasteiger partial charge in [-0.25, -0.2) is 4.39 Å². The predicted octanol–water partition coefficient (Wildman–Crippen LogP) is 2.41. The highest BCUT2D eigenvalue weighted by Crippen LogP contribution is 2.22. The number of nitrogens with two attached hydrogens (primary N) is 1. The molecule has 1 aliphatic heterocycles. The van der Waals surface area contributed by atoms with Crippen LogP contribution in [-0.2, 0) is 17.8 Å². The second kappa shape index (κ2) is 5.66. The molecule has 0 radical (unpaired) electrons. The highest BCUT2D eigenvalue weighted by molar-refractivity contribution is 5.83. The van der Waals surface area contributed by atoms with E-state index in [1.54, 1.807) is 11.0 Å². The quantitative estimate of drug-likeness (QED) is 0.920. The third-order valence-corrected chi connectivity index (χ3v) is 3.92. The van der Waals surface area contributed by atoms with Gasteiger partial charge in [0.25, 0.3) is 0 Å². The van der Waals surface area contributed by atoms with E-state index in [4.69, 9.17) is 5.73 Å². The van der Waals surface area contributed by atoms with Gasteiger partial charge in [0.15, 0.2) is 0 Å². The Bertz CT molecular complexity index is 657. The van der Waals surface area contributed by atoms with Gasteiger partial charge in [-0.1, -0.05) is 36.4 Å². The van der Waals surface area contributed by atoms with Crippen molar-refractivity contribution in [2.75, 3.05) is 6.54 Å². The van der Waals surface area contributed by atoms with Crippen molar-refractivity contribution in [1.82, 2.24) is 4.90 Å². The summed E-state index contributed by atoms with van der Waals surface area (Å²) >= 11 is 0. The molecule has 3 nitrogen and oxygen atoms in total. The predicted molar refractivity (Wildman–Crippen MR) is 78.9 cm³/mol. The molecule has 108 valence electrons. The molecular weight excluding hydrogens is 267 g/mol. The summed E-state index contributed by atoms with van der Waals surface area (Å²) in [5, 5.41) is 0. The Labute approximate surface area is 123 Å². The van der Waals surface area contributed by atoms with E-state index in [0.717, 1.165) is 23.1 Å². The first-order valence-electron chi connectivity index (χ1n) is 7.02. The molecule has 4 heteroatoms. The number of carbonyl (C=O) groups excluding carboxylic acids is 1. The zero-order valence-electron chi connectivity index (χ0n) is 11.6. The minimum atomic E-state index is -0.665. The highest BCUT2D eigenvalue weighted by atomic mass is 19.1. The lowest BCUT2D eigenvalue weighted by Crippen LogP contribution is -2.41. The van der Waals surface area contributed by atoms with Crippen LogP contribution in [0.4, 0.5) is 4.39 Å². The van der Waals surface area contributed by atoms with Gasteiger partial charge in [0.05, 0.1) is 0 Å². The van der Waals surface area contributed by atoms with E-state index >= 15 is 0 Å². The summed E-state index contributed by atoms with van der Waals surface area (Å²) in [6.45, 7) is 1.05. The van der Waals surface area contributed by atoms with Crippen LogP contribution in [-0.4, -0.2) is 17.4 Å². The molecular formula is C17H17FN2O. The third kappa shape index (κ3) is 2.81. The molecule has 2 N–H and O–H groups in total. The Balaban J connectivity index is 1.78. The zero-order chi connectivity index (χ0) is 14.8. The molecule has 0 aromatic heterocycles. The average molecular weight is 284 g/mol. The van der Waals surface area contributed by atoms with Crippen LogP contribution in [0.5, 0.6) is 0 Å². The van der Waals surface area contributed by atoms with Gasteiger partial charge in [-0.05, 0) is 35.2 Å². The number of hydrogen-bond acceptors (Lipinski definition) is 2. The summed E-state index contributed by atoms with van der Waals surface area (Å²) in [6.07, 6.45) is 0.739. The van der Waals surface area contributed by atoms with Gasteiger partial charge in [-0.3, -0.25) is 4.79 Å². The lowest BCUT2D eigenvalue weighted by atomic mass is 9.98. The molecule has 0 saturated carbocycles. The Morgan fingerprint density at radius 2 is 1.90 bits per heavy atom. The molecule has 1 heterocycles. The number of halogens is 1. The number of fused-ring (bicyclic) bond motifs is 1. The fourth-order valence-corrected chi connectivity index (χ4v) is 2.71. The maximum Gasteiger partial charge on any atom is 0.244 e. The number of amides is 1. The van der Waals surface area contributed by atoms with Gasteiger partial charge in [0.2, 0.25) is 5.91 Å². The first-order chi connectivity index (χ1) is 10.1. The lowest BCUT2D eigenvalue weighted by molar-refractivity contribution is -0.133.